The highest BCUT2D eigenvalue weighted by Crippen LogP contribution is 2.26. The second-order valence-corrected chi connectivity index (χ2v) is 3.58. The van der Waals surface area contributed by atoms with Crippen molar-refractivity contribution in [2.75, 3.05) is 6.61 Å². The molecule has 90 valence electrons. The number of carbonyl (C=O) groups is 1. The number of carbonyl (C=O) groups excluding carboxylic acids is 1. The summed E-state index contributed by atoms with van der Waals surface area (Å²) in [6.07, 6.45) is -0.0861. The number of alkyl halides is 1. The predicted octanol–water partition coefficient (Wildman–Crippen LogP) is 2.11. The van der Waals surface area contributed by atoms with Crippen LogP contribution in [0.3, 0.4) is 0 Å². The molecule has 0 atom stereocenters. The molecule has 17 heavy (non-hydrogen) atoms. The second-order valence-electron chi connectivity index (χ2n) is 3.32. The first kappa shape index (κ1) is 13.3. The van der Waals surface area contributed by atoms with Gasteiger partial charge in [0.2, 0.25) is 0 Å². The van der Waals surface area contributed by atoms with Crippen LogP contribution in [0.4, 0.5) is 0 Å². The first-order chi connectivity index (χ1) is 8.13. The third-order valence-electron chi connectivity index (χ3n) is 2.29. The van der Waals surface area contributed by atoms with Crippen LogP contribution in [0.15, 0.2) is 12.1 Å². The van der Waals surface area contributed by atoms with Crippen molar-refractivity contribution in [1.82, 2.24) is 0 Å². The van der Waals surface area contributed by atoms with E-state index in [1.807, 2.05) is 6.07 Å². The summed E-state index contributed by atoms with van der Waals surface area (Å²) < 4.78 is 4.80. The summed E-state index contributed by atoms with van der Waals surface area (Å²) in [6.45, 7) is 1.97. The van der Waals surface area contributed by atoms with Gasteiger partial charge in [-0.2, -0.15) is 5.26 Å². The van der Waals surface area contributed by atoms with E-state index in [-0.39, 0.29) is 24.7 Å². The molecule has 0 aliphatic rings. The summed E-state index contributed by atoms with van der Waals surface area (Å²) in [6, 6.07) is 4.82. The lowest BCUT2D eigenvalue weighted by Crippen LogP contribution is -2.10. The van der Waals surface area contributed by atoms with Crippen molar-refractivity contribution in [3.05, 3.63) is 28.8 Å². The molecule has 0 unspecified atom stereocenters. The number of nitriles is 1. The minimum absolute atomic E-state index is 0.0484. The van der Waals surface area contributed by atoms with E-state index in [2.05, 4.69) is 0 Å². The van der Waals surface area contributed by atoms with Gasteiger partial charge in [-0.1, -0.05) is 0 Å². The van der Waals surface area contributed by atoms with Crippen LogP contribution in [0.1, 0.15) is 23.6 Å². The molecule has 0 aliphatic heterocycles. The molecule has 0 radical (unpaired) electrons. The topological polar surface area (TPSA) is 70.3 Å². The van der Waals surface area contributed by atoms with E-state index in [1.54, 1.807) is 6.92 Å². The summed E-state index contributed by atoms with van der Waals surface area (Å²) in [5.74, 6) is -0.441. The van der Waals surface area contributed by atoms with Crippen molar-refractivity contribution in [2.24, 2.45) is 0 Å². The number of phenols is 1. The Balaban J connectivity index is 3.13. The van der Waals surface area contributed by atoms with Gasteiger partial charge in [0.25, 0.3) is 0 Å². The summed E-state index contributed by atoms with van der Waals surface area (Å²) in [7, 11) is 0. The molecule has 0 aliphatic carbocycles. The number of esters is 1. The minimum Gasteiger partial charge on any atom is -0.508 e. The molecule has 1 aromatic rings. The van der Waals surface area contributed by atoms with E-state index in [1.165, 1.54) is 12.1 Å². The van der Waals surface area contributed by atoms with Gasteiger partial charge in [-0.05, 0) is 24.6 Å². The average molecular weight is 254 g/mol. The standard InChI is InChI=1S/C12H12ClNO3/c1-2-17-12(16)5-9-10(6-13)8(7-14)3-4-11(9)15/h3-4,15H,2,5-6H2,1H3. The van der Waals surface area contributed by atoms with Gasteiger partial charge in [0, 0.05) is 11.4 Å². The van der Waals surface area contributed by atoms with Gasteiger partial charge in [-0.3, -0.25) is 4.79 Å². The molecule has 0 spiro atoms. The lowest BCUT2D eigenvalue weighted by Gasteiger charge is -2.10. The van der Waals surface area contributed by atoms with Crippen LogP contribution in [0.2, 0.25) is 0 Å². The molecule has 0 amide bonds. The number of halogens is 1. The third-order valence-corrected chi connectivity index (χ3v) is 2.55. The van der Waals surface area contributed by atoms with Crippen molar-refractivity contribution in [1.29, 1.82) is 5.26 Å². The summed E-state index contributed by atoms with van der Waals surface area (Å²) in [4.78, 5) is 11.4. The maximum Gasteiger partial charge on any atom is 0.310 e. The Morgan fingerprint density at radius 1 is 1.53 bits per heavy atom. The summed E-state index contributed by atoms with van der Waals surface area (Å²) >= 11 is 5.73. The second kappa shape index (κ2) is 6.12. The van der Waals surface area contributed by atoms with E-state index >= 15 is 0 Å². The fourth-order valence-electron chi connectivity index (χ4n) is 1.49. The first-order valence-electron chi connectivity index (χ1n) is 5.09. The molecule has 1 rings (SSSR count). The number of rotatable bonds is 4. The highest BCUT2D eigenvalue weighted by molar-refractivity contribution is 6.17. The Labute approximate surface area is 104 Å². The lowest BCUT2D eigenvalue weighted by molar-refractivity contribution is -0.142. The molecule has 0 saturated heterocycles. The zero-order valence-electron chi connectivity index (χ0n) is 9.36. The van der Waals surface area contributed by atoms with Crippen LogP contribution in [0, 0.1) is 11.3 Å². The van der Waals surface area contributed by atoms with E-state index in [0.717, 1.165) is 0 Å². The minimum atomic E-state index is -0.454. The molecule has 0 aromatic heterocycles. The Bertz CT molecular complexity index is 466. The van der Waals surface area contributed by atoms with Crippen molar-refractivity contribution >= 4 is 17.6 Å². The number of ether oxygens (including phenoxy) is 1. The molecule has 1 N–H and O–H groups in total. The van der Waals surface area contributed by atoms with Crippen molar-refractivity contribution in [3.63, 3.8) is 0 Å². The smallest absolute Gasteiger partial charge is 0.310 e. The molecule has 0 bridgehead atoms. The van der Waals surface area contributed by atoms with E-state index in [0.29, 0.717) is 16.7 Å². The fourth-order valence-corrected chi connectivity index (χ4v) is 1.80. The summed E-state index contributed by atoms with van der Waals surface area (Å²) in [5.41, 5.74) is 1.19. The number of nitrogens with zero attached hydrogens (tertiary/aromatic N) is 1. The normalized spacial score (nSPS) is 9.71. The van der Waals surface area contributed by atoms with E-state index in [9.17, 15) is 9.90 Å². The monoisotopic (exact) mass is 253 g/mol. The van der Waals surface area contributed by atoms with Crippen LogP contribution in [-0.2, 0) is 21.8 Å². The molecule has 4 nitrogen and oxygen atoms in total. The molecule has 0 heterocycles. The van der Waals surface area contributed by atoms with Gasteiger partial charge in [0.1, 0.15) is 5.75 Å². The van der Waals surface area contributed by atoms with E-state index in [4.69, 9.17) is 21.6 Å². The van der Waals surface area contributed by atoms with Crippen molar-refractivity contribution < 1.29 is 14.6 Å². The Morgan fingerprint density at radius 3 is 2.76 bits per heavy atom. The first-order valence-corrected chi connectivity index (χ1v) is 5.62. The molecule has 1 aromatic carbocycles. The van der Waals surface area contributed by atoms with Gasteiger partial charge >= 0.3 is 5.97 Å². The van der Waals surface area contributed by atoms with Crippen molar-refractivity contribution in [2.45, 2.75) is 19.2 Å². The zero-order chi connectivity index (χ0) is 12.8. The maximum absolute atomic E-state index is 11.4. The maximum atomic E-state index is 11.4. The van der Waals surface area contributed by atoms with Crippen LogP contribution >= 0.6 is 11.6 Å². The number of aromatic hydroxyl groups is 1. The Hall–Kier alpha value is -1.73. The predicted molar refractivity (Wildman–Crippen MR) is 62.7 cm³/mol. The fraction of sp³-hybridized carbons (Fsp3) is 0.333. The zero-order valence-corrected chi connectivity index (χ0v) is 10.1. The summed E-state index contributed by atoms with van der Waals surface area (Å²) in [5, 5.41) is 18.6. The largest absolute Gasteiger partial charge is 0.508 e. The van der Waals surface area contributed by atoms with Crippen LogP contribution in [0.25, 0.3) is 0 Å². The highest BCUT2D eigenvalue weighted by Gasteiger charge is 2.16. The molecule has 0 fully saturated rings. The van der Waals surface area contributed by atoms with Gasteiger partial charge in [-0.15, -0.1) is 11.6 Å². The number of benzene rings is 1. The average Bonchev–Trinajstić information content (AvgIpc) is 2.31. The molecule has 5 heteroatoms. The lowest BCUT2D eigenvalue weighted by atomic mass is 9.99. The number of hydrogen-bond donors (Lipinski definition) is 1. The third kappa shape index (κ3) is 3.11. The van der Waals surface area contributed by atoms with Crippen LogP contribution in [-0.4, -0.2) is 17.7 Å². The molecular weight excluding hydrogens is 242 g/mol. The number of hydrogen-bond acceptors (Lipinski definition) is 4. The van der Waals surface area contributed by atoms with Gasteiger partial charge in [-0.25, -0.2) is 0 Å². The Kier molecular flexibility index (Phi) is 4.80. The van der Waals surface area contributed by atoms with Gasteiger partial charge in [0.15, 0.2) is 0 Å². The van der Waals surface area contributed by atoms with Gasteiger partial charge < -0.3 is 9.84 Å². The van der Waals surface area contributed by atoms with E-state index < -0.39 is 5.97 Å². The van der Waals surface area contributed by atoms with Gasteiger partial charge in [0.05, 0.1) is 24.7 Å². The molecular formula is C12H12ClNO3. The number of phenolic OH excluding ortho intramolecular Hbond substituents is 1. The van der Waals surface area contributed by atoms with Crippen LogP contribution < -0.4 is 0 Å². The van der Waals surface area contributed by atoms with Crippen molar-refractivity contribution in [3.8, 4) is 11.8 Å². The van der Waals surface area contributed by atoms with Crippen LogP contribution in [0.5, 0.6) is 5.75 Å². The SMILES string of the molecule is CCOC(=O)Cc1c(O)ccc(C#N)c1CCl. The Morgan fingerprint density at radius 2 is 2.24 bits per heavy atom. The highest BCUT2D eigenvalue weighted by atomic mass is 35.5. The quantitative estimate of drug-likeness (QED) is 0.659. The molecule has 0 saturated carbocycles.